The normalized spacial score (nSPS) is 27.6. The number of carbonyl (C=O) groups is 2. The van der Waals surface area contributed by atoms with Gasteiger partial charge in [-0.15, -0.1) is 0 Å². The van der Waals surface area contributed by atoms with Gasteiger partial charge < -0.3 is 5.32 Å². The Morgan fingerprint density at radius 1 is 1.50 bits per heavy atom. The van der Waals surface area contributed by atoms with Gasteiger partial charge in [-0.2, -0.15) is 5.01 Å². The molecule has 1 atom stereocenters. The first-order valence-electron chi connectivity index (χ1n) is 2.61. The molecule has 0 spiro atoms. The second-order valence-corrected chi connectivity index (χ2v) is 2.32. The third kappa shape index (κ3) is 1.22. The first-order valence-corrected chi connectivity index (χ1v) is 3.08. The Bertz CT molecular complexity index is 163. The highest BCUT2D eigenvalue weighted by Crippen LogP contribution is 1.97. The highest BCUT2D eigenvalue weighted by Gasteiger charge is 2.26. The Morgan fingerprint density at radius 2 is 2.10 bits per heavy atom. The average Bonchev–Trinajstić information content (AvgIpc) is 1.84. The summed E-state index contributed by atoms with van der Waals surface area (Å²) in [5.41, 5.74) is 1.71. The van der Waals surface area contributed by atoms with Gasteiger partial charge in [-0.25, -0.2) is 0 Å². The van der Waals surface area contributed by atoms with Gasteiger partial charge in [-0.05, 0) is 12.6 Å². The molecule has 0 aromatic carbocycles. The Morgan fingerprint density at radius 3 is 2.60 bits per heavy atom. The van der Waals surface area contributed by atoms with E-state index in [0.29, 0.717) is 0 Å². The molecule has 0 saturated carbocycles. The smallest absolute Gasteiger partial charge is 0.321 e. The average molecular weight is 160 g/mol. The van der Waals surface area contributed by atoms with Gasteiger partial charge in [0, 0.05) is 7.05 Å². The van der Waals surface area contributed by atoms with Crippen molar-refractivity contribution in [3.63, 3.8) is 0 Å². The molecule has 1 saturated heterocycles. The van der Waals surface area contributed by atoms with Crippen LogP contribution in [0.4, 0.5) is 0 Å². The zero-order valence-electron chi connectivity index (χ0n) is 5.25. The molecule has 6 heteroatoms. The van der Waals surface area contributed by atoms with E-state index in [1.54, 1.807) is 7.05 Å². The monoisotopic (exact) mass is 160 g/mol. The van der Waals surface area contributed by atoms with Gasteiger partial charge in [0.05, 0.1) is 0 Å². The Kier molecular flexibility index (Phi) is 1.82. The van der Waals surface area contributed by atoms with Crippen LogP contribution >= 0.6 is 12.6 Å². The first kappa shape index (κ1) is 7.36. The molecule has 1 aliphatic rings. The summed E-state index contributed by atoms with van der Waals surface area (Å²) in [5, 5.41) is 3.61. The second-order valence-electron chi connectivity index (χ2n) is 1.88. The van der Waals surface area contributed by atoms with E-state index in [0.717, 1.165) is 0 Å². The molecule has 1 aliphatic heterocycles. The number of hydrogen-bond donors (Lipinski definition) is 2. The zero-order valence-corrected chi connectivity index (χ0v) is 6.07. The third-order valence-electron chi connectivity index (χ3n) is 1.09. The Hall–Kier alpha value is -0.750. The summed E-state index contributed by atoms with van der Waals surface area (Å²) in [6, 6.07) is 0. The Labute approximate surface area is 63.1 Å². The zero-order chi connectivity index (χ0) is 7.72. The molecule has 2 amide bonds. The summed E-state index contributed by atoms with van der Waals surface area (Å²) in [5.74, 6) is -1.36. The molecule has 1 fully saturated rings. The molecule has 1 radical (unpaired) electrons. The van der Waals surface area contributed by atoms with Gasteiger partial charge in [0.25, 0.3) is 0 Å². The number of nitrogens with zero attached hydrogens (tertiary/aromatic N) is 1. The molecule has 2 N–H and O–H groups in total. The van der Waals surface area contributed by atoms with Crippen LogP contribution in [0.1, 0.15) is 0 Å². The predicted molar refractivity (Wildman–Crippen MR) is 35.4 cm³/mol. The van der Waals surface area contributed by atoms with Crippen LogP contribution < -0.4 is 10.7 Å². The number of nitrogens with one attached hydrogen (secondary N) is 2. The topological polar surface area (TPSA) is 61.4 Å². The predicted octanol–water partition coefficient (Wildman–Crippen LogP) is -1.44. The lowest BCUT2D eigenvalue weighted by Gasteiger charge is -2.28. The minimum Gasteiger partial charge on any atom is -0.321 e. The number of amides is 2. The Balaban J connectivity index is 2.63. The quantitative estimate of drug-likeness (QED) is 0.427. The standard InChI is InChI=1S/C4H6N3O2S/c1-7-4(10)5-2(8)3(9)6-7/h4H,1H3,(H,5,8)(H,6,9). The maximum absolute atomic E-state index is 10.5. The van der Waals surface area contributed by atoms with Crippen molar-refractivity contribution >= 4 is 24.4 Å². The summed E-state index contributed by atoms with van der Waals surface area (Å²) >= 11 is 4.72. The van der Waals surface area contributed by atoms with Gasteiger partial charge in [-0.3, -0.25) is 15.0 Å². The second kappa shape index (κ2) is 2.47. The van der Waals surface area contributed by atoms with Crippen molar-refractivity contribution in [1.82, 2.24) is 15.8 Å². The van der Waals surface area contributed by atoms with Gasteiger partial charge in [0.1, 0.15) is 0 Å². The van der Waals surface area contributed by atoms with Crippen molar-refractivity contribution in [3.05, 3.63) is 0 Å². The molecule has 0 aliphatic carbocycles. The van der Waals surface area contributed by atoms with Crippen LogP contribution in [0.25, 0.3) is 0 Å². The lowest BCUT2D eigenvalue weighted by molar-refractivity contribution is -0.146. The fraction of sp³-hybridized carbons (Fsp3) is 0.500. The van der Waals surface area contributed by atoms with Crippen molar-refractivity contribution in [2.75, 3.05) is 7.05 Å². The summed E-state index contributed by atoms with van der Waals surface area (Å²) in [4.78, 5) is 21.1. The minimum absolute atomic E-state index is 0.551. The number of hydrazine groups is 1. The number of rotatable bonds is 0. The van der Waals surface area contributed by atoms with E-state index < -0.39 is 17.3 Å². The third-order valence-corrected chi connectivity index (χ3v) is 1.52. The van der Waals surface area contributed by atoms with E-state index in [9.17, 15) is 9.59 Å². The molecular weight excluding hydrogens is 154 g/mol. The minimum atomic E-state index is -0.682. The van der Waals surface area contributed by atoms with E-state index in [-0.39, 0.29) is 0 Å². The van der Waals surface area contributed by atoms with E-state index in [4.69, 9.17) is 12.6 Å². The molecule has 5 nitrogen and oxygen atoms in total. The molecular formula is C4H6N3O2S. The van der Waals surface area contributed by atoms with E-state index in [1.165, 1.54) is 5.01 Å². The van der Waals surface area contributed by atoms with Gasteiger partial charge in [-0.1, -0.05) is 0 Å². The van der Waals surface area contributed by atoms with Crippen molar-refractivity contribution < 1.29 is 9.59 Å². The molecule has 1 rings (SSSR count). The SMILES string of the molecule is CN1NC(=O)C(=O)NC1[S]. The maximum Gasteiger partial charge on any atom is 0.323 e. The molecule has 10 heavy (non-hydrogen) atoms. The summed E-state index contributed by atoms with van der Waals surface area (Å²) in [6.45, 7) is 0. The van der Waals surface area contributed by atoms with E-state index >= 15 is 0 Å². The van der Waals surface area contributed by atoms with Gasteiger partial charge in [0.2, 0.25) is 0 Å². The lowest BCUT2D eigenvalue weighted by Crippen LogP contribution is -2.61. The van der Waals surface area contributed by atoms with Crippen LogP contribution in [0.15, 0.2) is 0 Å². The van der Waals surface area contributed by atoms with Gasteiger partial charge in [0.15, 0.2) is 5.50 Å². The van der Waals surface area contributed by atoms with E-state index in [2.05, 4.69) is 10.7 Å². The van der Waals surface area contributed by atoms with Crippen LogP contribution in [0, 0.1) is 0 Å². The van der Waals surface area contributed by atoms with Crippen LogP contribution in [0.5, 0.6) is 0 Å². The number of carbonyl (C=O) groups excluding carboxylic acids is 2. The van der Waals surface area contributed by atoms with Crippen molar-refractivity contribution in [1.29, 1.82) is 0 Å². The van der Waals surface area contributed by atoms with Crippen LogP contribution in [-0.4, -0.2) is 29.4 Å². The van der Waals surface area contributed by atoms with Crippen molar-refractivity contribution in [3.8, 4) is 0 Å². The lowest BCUT2D eigenvalue weighted by atomic mass is 10.5. The van der Waals surface area contributed by atoms with Crippen LogP contribution in [0.3, 0.4) is 0 Å². The molecule has 1 unspecified atom stereocenters. The highest BCUT2D eigenvalue weighted by molar-refractivity contribution is 7.80. The molecule has 0 aromatic rings. The molecule has 55 valence electrons. The molecule has 0 aromatic heterocycles. The summed E-state index contributed by atoms with van der Waals surface area (Å²) in [7, 11) is 1.58. The first-order chi connectivity index (χ1) is 4.61. The van der Waals surface area contributed by atoms with Gasteiger partial charge >= 0.3 is 11.8 Å². The fourth-order valence-corrected chi connectivity index (χ4v) is 0.704. The van der Waals surface area contributed by atoms with Crippen LogP contribution in [0.2, 0.25) is 0 Å². The summed E-state index contributed by atoms with van der Waals surface area (Å²) in [6.07, 6.45) is 0. The van der Waals surface area contributed by atoms with E-state index in [1.807, 2.05) is 0 Å². The summed E-state index contributed by atoms with van der Waals surface area (Å²) < 4.78 is 0. The number of hydrogen-bond acceptors (Lipinski definition) is 3. The fourth-order valence-electron chi connectivity index (χ4n) is 0.544. The maximum atomic E-state index is 10.5. The van der Waals surface area contributed by atoms with Crippen LogP contribution in [-0.2, 0) is 9.59 Å². The molecule has 0 bridgehead atoms. The largest absolute Gasteiger partial charge is 0.323 e. The highest BCUT2D eigenvalue weighted by atomic mass is 32.1. The van der Waals surface area contributed by atoms with Crippen molar-refractivity contribution in [2.24, 2.45) is 0 Å². The van der Waals surface area contributed by atoms with Crippen molar-refractivity contribution in [2.45, 2.75) is 5.50 Å². The molecule has 1 heterocycles.